The third-order valence-corrected chi connectivity index (χ3v) is 7.12. The standard InChI is InChI=1S/C26H25FN4O3/c1-16(19-5-3-2-4-6-19)31-24(32)26(34-25(31)33,14-17-7-10-20(27)11-8-17)23-29-21-12-9-18(15-28)13-22(21)30-23/h7-13,16,19H,2-6,14H2,1H3,(H,29,30). The Balaban J connectivity index is 1.58. The summed E-state index contributed by atoms with van der Waals surface area (Å²) in [6, 6.07) is 12.5. The molecule has 8 heteroatoms. The van der Waals surface area contributed by atoms with E-state index in [1.54, 1.807) is 30.3 Å². The zero-order valence-electron chi connectivity index (χ0n) is 18.9. The number of H-pyrrole nitrogens is 1. The third-order valence-electron chi connectivity index (χ3n) is 7.12. The zero-order chi connectivity index (χ0) is 23.9. The van der Waals surface area contributed by atoms with Crippen LogP contribution in [0.1, 0.15) is 56.0 Å². The van der Waals surface area contributed by atoms with Crippen LogP contribution in [0.25, 0.3) is 11.0 Å². The van der Waals surface area contributed by atoms with Crippen LogP contribution in [-0.4, -0.2) is 32.9 Å². The van der Waals surface area contributed by atoms with Gasteiger partial charge < -0.3 is 9.72 Å². The van der Waals surface area contributed by atoms with E-state index in [0.29, 0.717) is 22.2 Å². The molecule has 2 unspecified atom stereocenters. The molecule has 2 amide bonds. The van der Waals surface area contributed by atoms with E-state index in [1.807, 2.05) is 6.92 Å². The van der Waals surface area contributed by atoms with Gasteiger partial charge in [0.1, 0.15) is 5.82 Å². The number of nitrogens with zero attached hydrogens (tertiary/aromatic N) is 3. The minimum Gasteiger partial charge on any atom is -0.424 e. The average molecular weight is 461 g/mol. The van der Waals surface area contributed by atoms with E-state index in [1.165, 1.54) is 23.5 Å². The Hall–Kier alpha value is -3.73. The second-order valence-corrected chi connectivity index (χ2v) is 9.24. The van der Waals surface area contributed by atoms with Crippen LogP contribution in [0.4, 0.5) is 9.18 Å². The van der Waals surface area contributed by atoms with Gasteiger partial charge in [0.15, 0.2) is 5.82 Å². The monoisotopic (exact) mass is 460 g/mol. The van der Waals surface area contributed by atoms with E-state index in [2.05, 4.69) is 16.0 Å². The number of benzene rings is 2. The van der Waals surface area contributed by atoms with Crippen molar-refractivity contribution >= 4 is 23.0 Å². The molecule has 34 heavy (non-hydrogen) atoms. The fourth-order valence-electron chi connectivity index (χ4n) is 5.20. The number of cyclic esters (lactones) is 1. The summed E-state index contributed by atoms with van der Waals surface area (Å²) in [6.07, 6.45) is 4.57. The minimum atomic E-state index is -1.70. The highest BCUT2D eigenvalue weighted by molar-refractivity contribution is 6.04. The van der Waals surface area contributed by atoms with Crippen molar-refractivity contribution in [3.63, 3.8) is 0 Å². The van der Waals surface area contributed by atoms with Gasteiger partial charge in [-0.25, -0.2) is 19.1 Å². The lowest BCUT2D eigenvalue weighted by molar-refractivity contribution is -0.140. The average Bonchev–Trinajstić information content (AvgIpc) is 3.39. The lowest BCUT2D eigenvalue weighted by Gasteiger charge is -2.32. The number of nitriles is 1. The van der Waals surface area contributed by atoms with Gasteiger partial charge in [-0.3, -0.25) is 4.79 Å². The van der Waals surface area contributed by atoms with E-state index >= 15 is 0 Å². The highest BCUT2D eigenvalue weighted by Gasteiger charge is 2.59. The summed E-state index contributed by atoms with van der Waals surface area (Å²) < 4.78 is 19.4. The SMILES string of the molecule is CC(C1CCCCC1)N1C(=O)OC(Cc2ccc(F)cc2)(c2nc3ccc(C#N)cc3[nH]2)C1=O. The Labute approximate surface area is 196 Å². The number of nitrogens with one attached hydrogen (secondary N) is 1. The molecule has 1 N–H and O–H groups in total. The molecular weight excluding hydrogens is 435 g/mol. The molecule has 1 aromatic heterocycles. The molecule has 174 valence electrons. The third kappa shape index (κ3) is 3.71. The minimum absolute atomic E-state index is 0.0106. The van der Waals surface area contributed by atoms with Crippen LogP contribution < -0.4 is 0 Å². The Kier molecular flexibility index (Phi) is 5.56. The van der Waals surface area contributed by atoms with Gasteiger partial charge in [0.05, 0.1) is 22.7 Å². The van der Waals surface area contributed by atoms with Crippen LogP contribution >= 0.6 is 0 Å². The quantitative estimate of drug-likeness (QED) is 0.580. The second-order valence-electron chi connectivity index (χ2n) is 9.24. The lowest BCUT2D eigenvalue weighted by Crippen LogP contribution is -2.47. The molecule has 7 nitrogen and oxygen atoms in total. The normalized spacial score (nSPS) is 22.1. The summed E-state index contributed by atoms with van der Waals surface area (Å²) in [5.41, 5.74) is 0.486. The van der Waals surface area contributed by atoms with Crippen LogP contribution in [0.2, 0.25) is 0 Å². The molecule has 2 heterocycles. The van der Waals surface area contributed by atoms with Crippen LogP contribution in [0.15, 0.2) is 42.5 Å². The number of carbonyl (C=O) groups excluding carboxylic acids is 2. The van der Waals surface area contributed by atoms with Crippen molar-refractivity contribution in [2.75, 3.05) is 0 Å². The van der Waals surface area contributed by atoms with Crippen molar-refractivity contribution in [3.8, 4) is 6.07 Å². The topological polar surface area (TPSA) is 99.1 Å². The number of imide groups is 1. The van der Waals surface area contributed by atoms with Gasteiger partial charge in [0.2, 0.25) is 0 Å². The highest BCUT2D eigenvalue weighted by atomic mass is 19.1. The number of fused-ring (bicyclic) bond motifs is 1. The van der Waals surface area contributed by atoms with E-state index < -0.39 is 23.4 Å². The summed E-state index contributed by atoms with van der Waals surface area (Å²) in [6.45, 7) is 1.90. The predicted octanol–water partition coefficient (Wildman–Crippen LogP) is 4.96. The van der Waals surface area contributed by atoms with E-state index in [-0.39, 0.29) is 24.2 Å². The van der Waals surface area contributed by atoms with Crippen LogP contribution in [0.3, 0.4) is 0 Å². The first-order valence-electron chi connectivity index (χ1n) is 11.6. The van der Waals surface area contributed by atoms with Crippen LogP contribution in [0.5, 0.6) is 0 Å². The Morgan fingerprint density at radius 1 is 1.21 bits per heavy atom. The van der Waals surface area contributed by atoms with E-state index in [9.17, 15) is 19.2 Å². The lowest BCUT2D eigenvalue weighted by atomic mass is 9.83. The second kappa shape index (κ2) is 8.56. The number of carbonyl (C=O) groups is 2. The first-order valence-corrected chi connectivity index (χ1v) is 11.6. The maximum atomic E-state index is 14.0. The molecule has 1 saturated carbocycles. The number of hydrogen-bond donors (Lipinski definition) is 1. The highest BCUT2D eigenvalue weighted by Crippen LogP contribution is 2.41. The molecule has 1 aliphatic carbocycles. The molecule has 1 aliphatic heterocycles. The van der Waals surface area contributed by atoms with Crippen molar-refractivity contribution < 1.29 is 18.7 Å². The first-order chi connectivity index (χ1) is 16.4. The van der Waals surface area contributed by atoms with E-state index in [4.69, 9.17) is 4.74 Å². The van der Waals surface area contributed by atoms with Crippen LogP contribution in [0, 0.1) is 23.1 Å². The number of hydrogen-bond acceptors (Lipinski definition) is 5. The largest absolute Gasteiger partial charge is 0.424 e. The Bertz CT molecular complexity index is 1290. The van der Waals surface area contributed by atoms with Crippen molar-refractivity contribution in [2.45, 2.75) is 57.1 Å². The molecule has 1 saturated heterocycles. The first kappa shape index (κ1) is 22.1. The Morgan fingerprint density at radius 3 is 2.65 bits per heavy atom. The predicted molar refractivity (Wildman–Crippen MR) is 122 cm³/mol. The number of ether oxygens (including phenoxy) is 1. The van der Waals surface area contributed by atoms with Gasteiger partial charge in [-0.1, -0.05) is 31.4 Å². The van der Waals surface area contributed by atoms with Crippen molar-refractivity contribution in [2.24, 2.45) is 5.92 Å². The van der Waals surface area contributed by atoms with E-state index in [0.717, 1.165) is 25.7 Å². The van der Waals surface area contributed by atoms with Crippen molar-refractivity contribution in [3.05, 3.63) is 65.2 Å². The summed E-state index contributed by atoms with van der Waals surface area (Å²) in [5, 5.41) is 9.23. The maximum Gasteiger partial charge on any atom is 0.418 e. The number of rotatable bonds is 5. The van der Waals surface area contributed by atoms with Gasteiger partial charge in [-0.2, -0.15) is 5.26 Å². The molecule has 0 spiro atoms. The molecule has 2 aliphatic rings. The van der Waals surface area contributed by atoms with Gasteiger partial charge in [-0.15, -0.1) is 0 Å². The molecule has 2 atom stereocenters. The summed E-state index contributed by atoms with van der Waals surface area (Å²) in [5.74, 6) is -0.452. The van der Waals surface area contributed by atoms with Gasteiger partial charge in [0, 0.05) is 12.5 Å². The molecule has 3 aromatic rings. The van der Waals surface area contributed by atoms with Gasteiger partial charge in [-0.05, 0) is 61.6 Å². The molecule has 0 radical (unpaired) electrons. The van der Waals surface area contributed by atoms with Crippen molar-refractivity contribution in [1.29, 1.82) is 5.26 Å². The molecule has 0 bridgehead atoms. The number of amides is 2. The van der Waals surface area contributed by atoms with Crippen LogP contribution in [-0.2, 0) is 21.6 Å². The maximum absolute atomic E-state index is 14.0. The summed E-state index contributed by atoms with van der Waals surface area (Å²) >= 11 is 0. The molecule has 2 fully saturated rings. The number of imidazole rings is 1. The molecular formula is C26H25FN4O3. The fourth-order valence-corrected chi connectivity index (χ4v) is 5.20. The number of aromatic amines is 1. The van der Waals surface area contributed by atoms with Gasteiger partial charge in [0.25, 0.3) is 11.5 Å². The number of halogens is 1. The summed E-state index contributed by atoms with van der Waals surface area (Å²) in [4.78, 5) is 36.1. The number of aromatic nitrogens is 2. The van der Waals surface area contributed by atoms with Gasteiger partial charge >= 0.3 is 6.09 Å². The fraction of sp³-hybridized carbons (Fsp3) is 0.385. The molecule has 5 rings (SSSR count). The molecule has 2 aromatic carbocycles. The summed E-state index contributed by atoms with van der Waals surface area (Å²) in [7, 11) is 0. The Morgan fingerprint density at radius 2 is 1.94 bits per heavy atom. The smallest absolute Gasteiger partial charge is 0.418 e. The van der Waals surface area contributed by atoms with Crippen molar-refractivity contribution in [1.82, 2.24) is 14.9 Å². The zero-order valence-corrected chi connectivity index (χ0v) is 18.9.